The molecule has 0 amide bonds. The lowest BCUT2D eigenvalue weighted by molar-refractivity contribution is -0.268. The van der Waals surface area contributed by atoms with E-state index in [4.69, 9.17) is 0 Å². The van der Waals surface area contributed by atoms with Crippen LogP contribution in [0.1, 0.15) is 6.42 Å². The average Bonchev–Trinajstić information content (AvgIpc) is 1.99. The molecule has 0 N–H and O–H groups in total. The monoisotopic (exact) mass is 262 g/mol. The maximum Gasteiger partial charge on any atom is 0.461 e. The zero-order valence-corrected chi connectivity index (χ0v) is 9.91. The van der Waals surface area contributed by atoms with Crippen molar-refractivity contribution < 1.29 is 31.5 Å². The molecule has 0 spiro atoms. The molecular formula is C8H11F5O2Si. The second-order valence-electron chi connectivity index (χ2n) is 4.35. The van der Waals surface area contributed by atoms with E-state index in [1.54, 1.807) is 0 Å². The van der Waals surface area contributed by atoms with Crippen LogP contribution in [0.25, 0.3) is 0 Å². The minimum atomic E-state index is -5.94. The number of rotatable bonds is 4. The minimum Gasteiger partial charge on any atom is -0.305 e. The summed E-state index contributed by atoms with van der Waals surface area (Å²) in [5.74, 6) is -7.82. The van der Waals surface area contributed by atoms with Crippen LogP contribution in [0.4, 0.5) is 22.0 Å². The van der Waals surface area contributed by atoms with Crippen molar-refractivity contribution in [3.8, 4) is 0 Å². The Morgan fingerprint density at radius 2 is 1.38 bits per heavy atom. The molecule has 0 rings (SSSR count). The molecule has 0 aliphatic carbocycles. The molecule has 0 saturated carbocycles. The summed E-state index contributed by atoms with van der Waals surface area (Å²) >= 11 is 0. The van der Waals surface area contributed by atoms with Gasteiger partial charge in [0.1, 0.15) is 13.5 Å². The summed E-state index contributed by atoms with van der Waals surface area (Å²) in [4.78, 5) is 21.9. The molecule has 0 unspecified atom stereocenters. The van der Waals surface area contributed by atoms with E-state index in [0.29, 0.717) is 0 Å². The summed E-state index contributed by atoms with van der Waals surface area (Å²) < 4.78 is 60.2. The van der Waals surface area contributed by atoms with Gasteiger partial charge in [0.2, 0.25) is 5.78 Å². The maximum absolute atomic E-state index is 12.5. The quantitative estimate of drug-likeness (QED) is 0.443. The number of ketones is 1. The summed E-state index contributed by atoms with van der Waals surface area (Å²) in [7, 11) is -2.52. The van der Waals surface area contributed by atoms with E-state index in [9.17, 15) is 31.5 Å². The molecular weight excluding hydrogens is 251 g/mol. The van der Waals surface area contributed by atoms with Crippen LogP contribution in [-0.2, 0) is 9.59 Å². The Morgan fingerprint density at radius 1 is 1.00 bits per heavy atom. The number of carbonyl (C=O) groups is 2. The Kier molecular flexibility index (Phi) is 4.02. The van der Waals surface area contributed by atoms with E-state index in [1.807, 2.05) is 0 Å². The molecule has 0 aliphatic heterocycles. The van der Waals surface area contributed by atoms with Gasteiger partial charge >= 0.3 is 12.1 Å². The van der Waals surface area contributed by atoms with Crippen molar-refractivity contribution in [1.29, 1.82) is 0 Å². The fourth-order valence-corrected chi connectivity index (χ4v) is 1.37. The molecule has 0 aromatic rings. The normalized spacial score (nSPS) is 13.8. The highest BCUT2D eigenvalue weighted by molar-refractivity contribution is 7.03. The van der Waals surface area contributed by atoms with Crippen LogP contribution in [0.15, 0.2) is 0 Å². The van der Waals surface area contributed by atoms with E-state index >= 15 is 0 Å². The highest BCUT2D eigenvalue weighted by Crippen LogP contribution is 2.37. The molecule has 2 nitrogen and oxygen atoms in total. The van der Waals surface area contributed by atoms with Gasteiger partial charge in [-0.1, -0.05) is 19.6 Å². The van der Waals surface area contributed by atoms with Crippen LogP contribution in [0.2, 0.25) is 19.6 Å². The smallest absolute Gasteiger partial charge is 0.305 e. The van der Waals surface area contributed by atoms with Crippen molar-refractivity contribution in [3.63, 3.8) is 0 Å². The van der Waals surface area contributed by atoms with Crippen LogP contribution in [0.3, 0.4) is 0 Å². The third-order valence-corrected chi connectivity index (χ3v) is 3.71. The predicted octanol–water partition coefficient (Wildman–Crippen LogP) is 2.59. The van der Waals surface area contributed by atoms with E-state index < -0.39 is 37.8 Å². The summed E-state index contributed by atoms with van der Waals surface area (Å²) in [6, 6.07) is 0. The largest absolute Gasteiger partial charge is 0.461 e. The van der Waals surface area contributed by atoms with Gasteiger partial charge in [0.15, 0.2) is 0 Å². The van der Waals surface area contributed by atoms with Crippen LogP contribution >= 0.6 is 0 Å². The highest BCUT2D eigenvalue weighted by Gasteiger charge is 2.63. The van der Waals surface area contributed by atoms with Gasteiger partial charge in [-0.2, -0.15) is 22.0 Å². The van der Waals surface area contributed by atoms with Crippen molar-refractivity contribution in [2.24, 2.45) is 0 Å². The number of hydrogen-bond acceptors (Lipinski definition) is 2. The predicted molar refractivity (Wildman–Crippen MR) is 49.0 cm³/mol. The van der Waals surface area contributed by atoms with Gasteiger partial charge < -0.3 is 4.79 Å². The molecule has 0 fully saturated rings. The van der Waals surface area contributed by atoms with Crippen molar-refractivity contribution >= 4 is 19.3 Å². The third kappa shape index (κ3) is 3.36. The Balaban J connectivity index is 4.80. The number of carbonyl (C=O) groups excluding carboxylic acids is 2. The first-order valence-corrected chi connectivity index (χ1v) is 7.81. The Hall–Kier alpha value is -0.793. The SMILES string of the molecule is C[Si](C)(C)C(=O)CC(=O)C(F)(F)C(F)(F)F. The molecule has 0 radical (unpaired) electrons. The lowest BCUT2D eigenvalue weighted by Gasteiger charge is -2.19. The maximum atomic E-state index is 12.5. The lowest BCUT2D eigenvalue weighted by Crippen LogP contribution is -2.47. The molecule has 0 bridgehead atoms. The number of hydrogen-bond donors (Lipinski definition) is 0. The third-order valence-electron chi connectivity index (χ3n) is 1.86. The molecule has 16 heavy (non-hydrogen) atoms. The van der Waals surface area contributed by atoms with Gasteiger partial charge in [0.05, 0.1) is 6.42 Å². The van der Waals surface area contributed by atoms with Gasteiger partial charge in [-0.15, -0.1) is 0 Å². The number of halogens is 5. The van der Waals surface area contributed by atoms with Gasteiger partial charge in [-0.3, -0.25) is 4.79 Å². The van der Waals surface area contributed by atoms with Crippen molar-refractivity contribution in [2.45, 2.75) is 38.2 Å². The topological polar surface area (TPSA) is 34.1 Å². The number of Topliss-reactive ketones (excluding diaryl/α,β-unsaturated/α-hetero) is 1. The average molecular weight is 262 g/mol. The van der Waals surface area contributed by atoms with Crippen molar-refractivity contribution in [2.75, 3.05) is 0 Å². The standard InChI is InChI=1S/C8H11F5O2Si/c1-16(2,3)6(15)4-5(14)7(9,10)8(11,12)13/h4H2,1-3H3. The van der Waals surface area contributed by atoms with Crippen LogP contribution in [-0.4, -0.2) is 31.4 Å². The van der Waals surface area contributed by atoms with Crippen LogP contribution < -0.4 is 0 Å². The molecule has 0 atom stereocenters. The fourth-order valence-electron chi connectivity index (χ4n) is 0.680. The lowest BCUT2D eigenvalue weighted by atomic mass is 10.1. The Bertz CT molecular complexity index is 303. The van der Waals surface area contributed by atoms with E-state index in [-0.39, 0.29) is 0 Å². The summed E-state index contributed by atoms with van der Waals surface area (Å²) in [6.07, 6.45) is -7.30. The van der Waals surface area contributed by atoms with Gasteiger partial charge in [0.25, 0.3) is 0 Å². The Morgan fingerprint density at radius 3 is 1.62 bits per heavy atom. The highest BCUT2D eigenvalue weighted by atomic mass is 28.3. The van der Waals surface area contributed by atoms with Crippen molar-refractivity contribution in [1.82, 2.24) is 0 Å². The van der Waals surface area contributed by atoms with E-state index in [2.05, 4.69) is 0 Å². The van der Waals surface area contributed by atoms with E-state index in [1.165, 1.54) is 19.6 Å². The minimum absolute atomic E-state index is 0.818. The number of alkyl halides is 5. The second kappa shape index (κ2) is 4.23. The van der Waals surface area contributed by atoms with Crippen molar-refractivity contribution in [3.05, 3.63) is 0 Å². The first-order chi connectivity index (χ1) is 6.80. The first-order valence-electron chi connectivity index (χ1n) is 4.31. The zero-order chi connectivity index (χ0) is 13.4. The summed E-state index contributed by atoms with van der Waals surface area (Å²) in [5, 5.41) is -0.818. The van der Waals surface area contributed by atoms with Crippen LogP contribution in [0, 0.1) is 0 Å². The second-order valence-corrected chi connectivity index (χ2v) is 9.40. The molecule has 94 valence electrons. The molecule has 0 saturated heterocycles. The van der Waals surface area contributed by atoms with Gasteiger partial charge in [-0.05, 0) is 0 Å². The van der Waals surface area contributed by atoms with Gasteiger partial charge in [-0.25, -0.2) is 0 Å². The summed E-state index contributed by atoms with van der Waals surface area (Å²) in [6.45, 7) is 4.40. The Labute approximate surface area is 89.8 Å². The zero-order valence-electron chi connectivity index (χ0n) is 8.91. The van der Waals surface area contributed by atoms with Gasteiger partial charge in [0, 0.05) is 0 Å². The van der Waals surface area contributed by atoms with Crippen LogP contribution in [0.5, 0.6) is 0 Å². The fraction of sp³-hybridized carbons (Fsp3) is 0.750. The first kappa shape index (κ1) is 15.2. The molecule has 0 aromatic carbocycles. The summed E-state index contributed by atoms with van der Waals surface area (Å²) in [5.41, 5.74) is 0. The van der Waals surface area contributed by atoms with E-state index in [0.717, 1.165) is 0 Å². The molecule has 8 heteroatoms. The molecule has 0 aromatic heterocycles. The molecule has 0 aliphatic rings. The molecule has 0 heterocycles.